The zero-order valence-corrected chi connectivity index (χ0v) is 15.3. The first-order valence-electron chi connectivity index (χ1n) is 9.06. The van der Waals surface area contributed by atoms with Gasteiger partial charge in [-0.15, -0.1) is 0 Å². The number of aryl methyl sites for hydroxylation is 1. The van der Waals surface area contributed by atoms with Crippen molar-refractivity contribution in [1.29, 1.82) is 0 Å². The Morgan fingerprint density at radius 1 is 1.16 bits per heavy atom. The van der Waals surface area contributed by atoms with Gasteiger partial charge in [-0.1, -0.05) is 43.3 Å². The number of rotatable bonds is 8. The summed E-state index contributed by atoms with van der Waals surface area (Å²) in [6.07, 6.45) is 5.28. The molecule has 136 valence electrons. The maximum atomic E-state index is 12.2. The van der Waals surface area contributed by atoms with Crippen LogP contribution in [0.1, 0.15) is 56.6 Å². The van der Waals surface area contributed by atoms with Crippen molar-refractivity contribution in [3.63, 3.8) is 0 Å². The van der Waals surface area contributed by atoms with Gasteiger partial charge in [-0.2, -0.15) is 0 Å². The van der Waals surface area contributed by atoms with Gasteiger partial charge < -0.3 is 9.47 Å². The first-order chi connectivity index (χ1) is 11.9. The van der Waals surface area contributed by atoms with Crippen LogP contribution in [-0.2, 0) is 25.5 Å². The number of esters is 2. The number of benzene rings is 1. The maximum Gasteiger partial charge on any atom is 0.334 e. The van der Waals surface area contributed by atoms with Crippen LogP contribution in [0.15, 0.2) is 36.4 Å². The Balaban J connectivity index is 1.72. The van der Waals surface area contributed by atoms with Gasteiger partial charge in [-0.25, -0.2) is 4.79 Å². The first-order valence-corrected chi connectivity index (χ1v) is 9.06. The van der Waals surface area contributed by atoms with Gasteiger partial charge in [0.2, 0.25) is 0 Å². The molecule has 0 aromatic heterocycles. The molecule has 0 radical (unpaired) electrons. The zero-order valence-electron chi connectivity index (χ0n) is 15.3. The second-order valence-corrected chi connectivity index (χ2v) is 6.87. The molecule has 0 saturated heterocycles. The van der Waals surface area contributed by atoms with Crippen LogP contribution in [0.25, 0.3) is 0 Å². The van der Waals surface area contributed by atoms with Crippen LogP contribution in [0, 0.1) is 6.92 Å². The maximum absolute atomic E-state index is 12.2. The molecule has 0 heterocycles. The van der Waals surface area contributed by atoms with E-state index in [1.165, 1.54) is 5.56 Å². The normalized spacial score (nSPS) is 15.6. The third-order valence-electron chi connectivity index (χ3n) is 4.89. The lowest BCUT2D eigenvalue weighted by Crippen LogP contribution is -2.32. The Labute approximate surface area is 150 Å². The summed E-state index contributed by atoms with van der Waals surface area (Å²) in [5.74, 6) is -0.912. The summed E-state index contributed by atoms with van der Waals surface area (Å²) >= 11 is 0. The van der Waals surface area contributed by atoms with Crippen molar-refractivity contribution in [3.05, 3.63) is 47.5 Å². The van der Waals surface area contributed by atoms with E-state index in [1.54, 1.807) is 0 Å². The van der Waals surface area contributed by atoms with Gasteiger partial charge in [0.15, 0.2) is 0 Å². The third kappa shape index (κ3) is 5.73. The molecule has 4 heteroatoms. The number of hydrogen-bond donors (Lipinski definition) is 0. The Morgan fingerprint density at radius 2 is 1.80 bits per heavy atom. The van der Waals surface area contributed by atoms with E-state index in [4.69, 9.17) is 9.47 Å². The molecule has 25 heavy (non-hydrogen) atoms. The summed E-state index contributed by atoms with van der Waals surface area (Å²) in [4.78, 5) is 24.1. The van der Waals surface area contributed by atoms with Crippen LogP contribution < -0.4 is 0 Å². The molecule has 1 saturated carbocycles. The number of hydrogen-bond acceptors (Lipinski definition) is 4. The summed E-state index contributed by atoms with van der Waals surface area (Å²) in [7, 11) is 0. The highest BCUT2D eigenvalue weighted by molar-refractivity contribution is 5.93. The van der Waals surface area contributed by atoms with Crippen molar-refractivity contribution in [2.75, 3.05) is 6.61 Å². The Hall–Kier alpha value is -2.10. The number of carbonyl (C=O) groups excluding carboxylic acids is 2. The molecule has 4 nitrogen and oxygen atoms in total. The van der Waals surface area contributed by atoms with Crippen molar-refractivity contribution in [2.45, 2.75) is 64.4 Å². The van der Waals surface area contributed by atoms with Crippen LogP contribution in [0.4, 0.5) is 0 Å². The molecule has 0 spiro atoms. The summed E-state index contributed by atoms with van der Waals surface area (Å²) in [6.45, 7) is 8.06. The topological polar surface area (TPSA) is 52.6 Å². The Kier molecular flexibility index (Phi) is 6.80. The van der Waals surface area contributed by atoms with E-state index < -0.39 is 11.9 Å². The van der Waals surface area contributed by atoms with Crippen molar-refractivity contribution >= 4 is 11.9 Å². The highest BCUT2D eigenvalue weighted by Gasteiger charge is 2.36. The molecule has 0 N–H and O–H groups in total. The fourth-order valence-electron chi connectivity index (χ4n) is 3.15. The van der Waals surface area contributed by atoms with Crippen LogP contribution in [0.3, 0.4) is 0 Å². The predicted molar refractivity (Wildman–Crippen MR) is 97.2 cm³/mol. The minimum absolute atomic E-state index is 0.119. The van der Waals surface area contributed by atoms with Crippen molar-refractivity contribution in [3.8, 4) is 0 Å². The fraction of sp³-hybridized carbons (Fsp3) is 0.524. The Morgan fingerprint density at radius 3 is 2.40 bits per heavy atom. The molecule has 0 bridgehead atoms. The van der Waals surface area contributed by atoms with E-state index in [0.717, 1.165) is 37.7 Å². The van der Waals surface area contributed by atoms with Gasteiger partial charge in [0.05, 0.1) is 13.0 Å². The molecular formula is C21H28O4. The molecule has 0 amide bonds. The molecule has 0 unspecified atom stereocenters. The molecule has 1 aromatic rings. The minimum Gasteiger partial charge on any atom is -0.465 e. The average Bonchev–Trinajstić information content (AvgIpc) is 3.05. The standard InChI is InChI=1S/C21H28O4/c1-4-21(12-5-6-13-21)25-20(23)17(3)15-19(22)24-14-11-18-9-7-16(2)8-10-18/h7-10H,3-6,11-15H2,1-2H3. The lowest BCUT2D eigenvalue weighted by atomic mass is 9.98. The predicted octanol–water partition coefficient (Wildman–Crippen LogP) is 4.29. The smallest absolute Gasteiger partial charge is 0.334 e. The van der Waals surface area contributed by atoms with E-state index in [9.17, 15) is 9.59 Å². The molecule has 2 rings (SSSR count). The molecular weight excluding hydrogens is 316 g/mol. The summed E-state index contributed by atoms with van der Waals surface area (Å²) in [6, 6.07) is 8.10. The van der Waals surface area contributed by atoms with Crippen LogP contribution >= 0.6 is 0 Å². The quantitative estimate of drug-likeness (QED) is 0.521. The van der Waals surface area contributed by atoms with Crippen molar-refractivity contribution < 1.29 is 19.1 Å². The van der Waals surface area contributed by atoms with Gasteiger partial charge >= 0.3 is 11.9 Å². The van der Waals surface area contributed by atoms with Gasteiger partial charge in [0.1, 0.15) is 5.60 Å². The lowest BCUT2D eigenvalue weighted by Gasteiger charge is -2.27. The first kappa shape index (κ1) is 19.2. The molecule has 1 aliphatic rings. The fourth-order valence-corrected chi connectivity index (χ4v) is 3.15. The van der Waals surface area contributed by atoms with Crippen molar-refractivity contribution in [1.82, 2.24) is 0 Å². The van der Waals surface area contributed by atoms with E-state index in [-0.39, 0.29) is 17.6 Å². The van der Waals surface area contributed by atoms with Gasteiger partial charge in [0.25, 0.3) is 0 Å². The Bertz CT molecular complexity index is 609. The average molecular weight is 344 g/mol. The van der Waals surface area contributed by atoms with Crippen LogP contribution in [0.5, 0.6) is 0 Å². The van der Waals surface area contributed by atoms with Gasteiger partial charge in [-0.05, 0) is 44.6 Å². The summed E-state index contributed by atoms with van der Waals surface area (Å²) < 4.78 is 10.9. The molecule has 1 aliphatic carbocycles. The zero-order chi connectivity index (χ0) is 18.3. The minimum atomic E-state index is -0.473. The second kappa shape index (κ2) is 8.84. The van der Waals surface area contributed by atoms with E-state index in [2.05, 4.69) is 6.58 Å². The monoisotopic (exact) mass is 344 g/mol. The van der Waals surface area contributed by atoms with E-state index >= 15 is 0 Å². The van der Waals surface area contributed by atoms with Gasteiger partial charge in [-0.3, -0.25) is 4.79 Å². The van der Waals surface area contributed by atoms with Gasteiger partial charge in [0, 0.05) is 12.0 Å². The SMILES string of the molecule is C=C(CC(=O)OCCc1ccc(C)cc1)C(=O)OC1(CC)CCCC1. The largest absolute Gasteiger partial charge is 0.465 e. The molecule has 0 atom stereocenters. The highest BCUT2D eigenvalue weighted by Crippen LogP contribution is 2.36. The molecule has 0 aliphatic heterocycles. The van der Waals surface area contributed by atoms with E-state index in [1.807, 2.05) is 38.1 Å². The summed E-state index contributed by atoms with van der Waals surface area (Å²) in [5, 5.41) is 0. The van der Waals surface area contributed by atoms with Crippen LogP contribution in [-0.4, -0.2) is 24.1 Å². The van der Waals surface area contributed by atoms with Crippen LogP contribution in [0.2, 0.25) is 0 Å². The highest BCUT2D eigenvalue weighted by atomic mass is 16.6. The molecule has 1 fully saturated rings. The van der Waals surface area contributed by atoms with Crippen molar-refractivity contribution in [2.24, 2.45) is 0 Å². The van der Waals surface area contributed by atoms with E-state index in [0.29, 0.717) is 13.0 Å². The molecule has 1 aromatic carbocycles. The lowest BCUT2D eigenvalue weighted by molar-refractivity contribution is -0.156. The second-order valence-electron chi connectivity index (χ2n) is 6.87. The third-order valence-corrected chi connectivity index (χ3v) is 4.89. The number of carbonyl (C=O) groups is 2. The number of ether oxygens (including phenoxy) is 2. The summed E-state index contributed by atoms with van der Waals surface area (Å²) in [5.41, 5.74) is 2.11.